The quantitative estimate of drug-likeness (QED) is 0.645. The van der Waals surface area contributed by atoms with Gasteiger partial charge in [-0.3, -0.25) is 0 Å². The monoisotopic (exact) mass is 244 g/mol. The zero-order chi connectivity index (χ0) is 13.4. The van der Waals surface area contributed by atoms with Crippen LogP contribution in [-0.2, 0) is 6.42 Å². The molecular weight excluding hydrogens is 220 g/mol. The normalized spacial score (nSPS) is 11.2. The molecular formula is C17H24O. The highest BCUT2D eigenvalue weighted by Crippen LogP contribution is 2.19. The molecule has 0 fully saturated rings. The summed E-state index contributed by atoms with van der Waals surface area (Å²) in [6, 6.07) is 8.21. The molecule has 1 rings (SSSR count). The predicted octanol–water partition coefficient (Wildman–Crippen LogP) is 4.93. The Kier molecular flexibility index (Phi) is 6.27. The van der Waals surface area contributed by atoms with E-state index in [0.717, 1.165) is 25.0 Å². The third-order valence-corrected chi connectivity index (χ3v) is 2.95. The van der Waals surface area contributed by atoms with E-state index >= 15 is 0 Å². The molecule has 0 unspecified atom stereocenters. The number of benzene rings is 1. The minimum Gasteiger partial charge on any atom is -0.496 e. The lowest BCUT2D eigenvalue weighted by Gasteiger charge is -2.06. The first-order chi connectivity index (χ1) is 8.63. The van der Waals surface area contributed by atoms with Gasteiger partial charge in [0.15, 0.2) is 0 Å². The Morgan fingerprint density at radius 3 is 2.50 bits per heavy atom. The van der Waals surface area contributed by atoms with Gasteiger partial charge in [-0.1, -0.05) is 41.5 Å². The molecule has 1 aromatic carbocycles. The molecule has 0 amide bonds. The molecule has 0 atom stereocenters. The van der Waals surface area contributed by atoms with Crippen molar-refractivity contribution in [3.63, 3.8) is 0 Å². The van der Waals surface area contributed by atoms with Gasteiger partial charge >= 0.3 is 0 Å². The van der Waals surface area contributed by atoms with E-state index in [1.165, 1.54) is 16.7 Å². The van der Waals surface area contributed by atoms with Gasteiger partial charge < -0.3 is 4.74 Å². The van der Waals surface area contributed by atoms with E-state index in [1.54, 1.807) is 7.11 Å². The van der Waals surface area contributed by atoms with Crippen LogP contribution in [0.15, 0.2) is 47.6 Å². The van der Waals surface area contributed by atoms with E-state index in [2.05, 4.69) is 45.1 Å². The number of ether oxygens (including phenoxy) is 1. The minimum atomic E-state index is 0.949. The summed E-state index contributed by atoms with van der Waals surface area (Å²) in [4.78, 5) is 0. The van der Waals surface area contributed by atoms with Gasteiger partial charge in [-0.2, -0.15) is 0 Å². The first-order valence-corrected chi connectivity index (χ1v) is 6.54. The topological polar surface area (TPSA) is 9.23 Å². The van der Waals surface area contributed by atoms with Crippen LogP contribution in [0.3, 0.4) is 0 Å². The number of hydrogen-bond acceptors (Lipinski definition) is 1. The number of rotatable bonds is 6. The Labute approximate surface area is 111 Å². The molecule has 18 heavy (non-hydrogen) atoms. The molecule has 0 heterocycles. The third-order valence-electron chi connectivity index (χ3n) is 2.95. The SMILES string of the molecule is COc1ccccc1C/C=C(\C)CCC=C(C)C. The van der Waals surface area contributed by atoms with Gasteiger partial charge in [-0.25, -0.2) is 0 Å². The number of hydrogen-bond donors (Lipinski definition) is 0. The summed E-state index contributed by atoms with van der Waals surface area (Å²) in [7, 11) is 1.73. The van der Waals surface area contributed by atoms with Crippen molar-refractivity contribution < 1.29 is 4.74 Å². The van der Waals surface area contributed by atoms with Crippen LogP contribution in [0.5, 0.6) is 5.75 Å². The summed E-state index contributed by atoms with van der Waals surface area (Å²) >= 11 is 0. The predicted molar refractivity (Wildman–Crippen MR) is 79.1 cm³/mol. The third kappa shape index (κ3) is 5.22. The lowest BCUT2D eigenvalue weighted by molar-refractivity contribution is 0.410. The second kappa shape index (κ2) is 7.75. The van der Waals surface area contributed by atoms with E-state index in [9.17, 15) is 0 Å². The van der Waals surface area contributed by atoms with Crippen molar-refractivity contribution in [3.8, 4) is 5.75 Å². The lowest BCUT2D eigenvalue weighted by atomic mass is 10.1. The van der Waals surface area contributed by atoms with Crippen molar-refractivity contribution in [2.75, 3.05) is 7.11 Å². The molecule has 0 aliphatic heterocycles. The maximum atomic E-state index is 5.35. The van der Waals surface area contributed by atoms with Gasteiger partial charge in [0.25, 0.3) is 0 Å². The lowest BCUT2D eigenvalue weighted by Crippen LogP contribution is -1.90. The maximum absolute atomic E-state index is 5.35. The molecule has 0 N–H and O–H groups in total. The van der Waals surface area contributed by atoms with Gasteiger partial charge in [-0.05, 0) is 51.7 Å². The summed E-state index contributed by atoms with van der Waals surface area (Å²) in [5.74, 6) is 0.978. The van der Waals surface area contributed by atoms with Crippen LogP contribution in [0, 0.1) is 0 Å². The summed E-state index contributed by atoms with van der Waals surface area (Å²) in [6.45, 7) is 6.50. The smallest absolute Gasteiger partial charge is 0.122 e. The fourth-order valence-corrected chi connectivity index (χ4v) is 1.85. The molecule has 0 bridgehead atoms. The van der Waals surface area contributed by atoms with Gasteiger partial charge in [-0.15, -0.1) is 0 Å². The molecule has 0 aliphatic carbocycles. The van der Waals surface area contributed by atoms with Gasteiger partial charge in [0, 0.05) is 0 Å². The molecule has 0 spiro atoms. The highest BCUT2D eigenvalue weighted by Gasteiger charge is 1.99. The summed E-state index contributed by atoms with van der Waals surface area (Å²) < 4.78 is 5.35. The molecule has 0 aromatic heterocycles. The molecule has 0 saturated carbocycles. The number of methoxy groups -OCH3 is 1. The van der Waals surface area contributed by atoms with E-state index < -0.39 is 0 Å². The Balaban J connectivity index is 2.54. The first kappa shape index (κ1) is 14.6. The van der Waals surface area contributed by atoms with E-state index in [1.807, 2.05) is 12.1 Å². The van der Waals surface area contributed by atoms with Crippen molar-refractivity contribution >= 4 is 0 Å². The molecule has 1 nitrogen and oxygen atoms in total. The average Bonchev–Trinajstić information content (AvgIpc) is 2.36. The van der Waals surface area contributed by atoms with Crippen LogP contribution in [0.1, 0.15) is 39.2 Å². The Morgan fingerprint density at radius 1 is 1.11 bits per heavy atom. The van der Waals surface area contributed by atoms with E-state index in [-0.39, 0.29) is 0 Å². The van der Waals surface area contributed by atoms with Crippen LogP contribution < -0.4 is 4.74 Å². The van der Waals surface area contributed by atoms with Gasteiger partial charge in [0.2, 0.25) is 0 Å². The van der Waals surface area contributed by atoms with Crippen LogP contribution in [0.25, 0.3) is 0 Å². The van der Waals surface area contributed by atoms with E-state index in [0.29, 0.717) is 0 Å². The van der Waals surface area contributed by atoms with Crippen molar-refractivity contribution in [2.24, 2.45) is 0 Å². The molecule has 1 aromatic rings. The van der Waals surface area contributed by atoms with Crippen molar-refractivity contribution in [3.05, 3.63) is 53.1 Å². The second-order valence-electron chi connectivity index (χ2n) is 4.89. The summed E-state index contributed by atoms with van der Waals surface area (Å²) in [5.41, 5.74) is 4.09. The standard InChI is InChI=1S/C17H24O/c1-14(2)8-7-9-15(3)12-13-16-10-5-6-11-17(16)18-4/h5-6,8,10-12H,7,9,13H2,1-4H3/b15-12+. The second-order valence-corrected chi connectivity index (χ2v) is 4.89. The molecule has 98 valence electrons. The minimum absolute atomic E-state index is 0.949. The molecule has 0 saturated heterocycles. The highest BCUT2D eigenvalue weighted by atomic mass is 16.5. The fraction of sp³-hybridized carbons (Fsp3) is 0.412. The number of para-hydroxylation sites is 1. The summed E-state index contributed by atoms with van der Waals surface area (Å²) in [6.07, 6.45) is 7.82. The average molecular weight is 244 g/mol. The van der Waals surface area contributed by atoms with Gasteiger partial charge in [0.05, 0.1) is 7.11 Å². The molecule has 0 aliphatic rings. The molecule has 1 heteroatoms. The van der Waals surface area contributed by atoms with Crippen LogP contribution in [-0.4, -0.2) is 7.11 Å². The first-order valence-electron chi connectivity index (χ1n) is 6.54. The Bertz CT molecular complexity index is 423. The van der Waals surface area contributed by atoms with Gasteiger partial charge in [0.1, 0.15) is 5.75 Å². The molecule has 0 radical (unpaired) electrons. The van der Waals surface area contributed by atoms with Crippen LogP contribution in [0.4, 0.5) is 0 Å². The van der Waals surface area contributed by atoms with Crippen molar-refractivity contribution in [2.45, 2.75) is 40.0 Å². The van der Waals surface area contributed by atoms with Crippen LogP contribution in [0.2, 0.25) is 0 Å². The number of allylic oxidation sites excluding steroid dienone is 4. The zero-order valence-electron chi connectivity index (χ0n) is 12.0. The Morgan fingerprint density at radius 2 is 1.83 bits per heavy atom. The fourth-order valence-electron chi connectivity index (χ4n) is 1.85. The Hall–Kier alpha value is -1.50. The van der Waals surface area contributed by atoms with E-state index in [4.69, 9.17) is 4.74 Å². The zero-order valence-corrected chi connectivity index (χ0v) is 12.0. The highest BCUT2D eigenvalue weighted by molar-refractivity contribution is 5.35. The maximum Gasteiger partial charge on any atom is 0.122 e. The van der Waals surface area contributed by atoms with Crippen molar-refractivity contribution in [1.82, 2.24) is 0 Å². The summed E-state index contributed by atoms with van der Waals surface area (Å²) in [5, 5.41) is 0. The largest absolute Gasteiger partial charge is 0.496 e. The van der Waals surface area contributed by atoms with Crippen molar-refractivity contribution in [1.29, 1.82) is 0 Å². The van der Waals surface area contributed by atoms with Crippen LogP contribution >= 0.6 is 0 Å².